The second-order valence-corrected chi connectivity index (χ2v) is 7.22. The molecule has 0 unspecified atom stereocenters. The van der Waals surface area contributed by atoms with Crippen molar-refractivity contribution in [2.75, 3.05) is 0 Å². The zero-order chi connectivity index (χ0) is 20.1. The smallest absolute Gasteiger partial charge is 0.280 e. The second-order valence-electron chi connectivity index (χ2n) is 6.31. The molecule has 0 atom stereocenters. The van der Waals surface area contributed by atoms with Gasteiger partial charge in [-0.1, -0.05) is 53.5 Å². The number of unbranched alkanes of at least 4 members (excludes halogenated alkanes) is 1. The van der Waals surface area contributed by atoms with Crippen molar-refractivity contribution < 1.29 is 9.90 Å². The first-order chi connectivity index (χ1) is 13.5. The molecule has 6 nitrogen and oxygen atoms in total. The van der Waals surface area contributed by atoms with Gasteiger partial charge in [-0.3, -0.25) is 9.59 Å². The molecule has 0 saturated heterocycles. The number of aromatic hydroxyl groups is 1. The maximum atomic E-state index is 12.9. The number of hydrazone groups is 1. The molecule has 0 aliphatic rings. The fraction of sp³-hybridized carbons (Fsp3) is 0.190. The molecule has 1 heterocycles. The highest BCUT2D eigenvalue weighted by molar-refractivity contribution is 9.10. The number of pyridine rings is 1. The van der Waals surface area contributed by atoms with Crippen molar-refractivity contribution in [1.29, 1.82) is 0 Å². The Kier molecular flexibility index (Phi) is 6.26. The molecule has 7 heteroatoms. The third-order valence-corrected chi connectivity index (χ3v) is 4.83. The van der Waals surface area contributed by atoms with Crippen LogP contribution in [0.1, 0.15) is 35.7 Å². The number of carbonyl (C=O) groups is 1. The summed E-state index contributed by atoms with van der Waals surface area (Å²) in [4.78, 5) is 25.5. The van der Waals surface area contributed by atoms with Crippen molar-refractivity contribution in [1.82, 2.24) is 9.99 Å². The van der Waals surface area contributed by atoms with Gasteiger partial charge in [0.05, 0.1) is 11.7 Å². The minimum absolute atomic E-state index is 0.304. The van der Waals surface area contributed by atoms with Gasteiger partial charge in [-0.05, 0) is 36.2 Å². The summed E-state index contributed by atoms with van der Waals surface area (Å²) in [5.41, 5.74) is 2.89. The Hall–Kier alpha value is -2.93. The van der Waals surface area contributed by atoms with E-state index < -0.39 is 11.5 Å². The highest BCUT2D eigenvalue weighted by Gasteiger charge is 2.21. The number of fused-ring (bicyclic) bond motifs is 1. The number of rotatable bonds is 6. The number of para-hydroxylation sites is 1. The molecule has 1 amide bonds. The number of nitrogens with zero attached hydrogens (tertiary/aromatic N) is 2. The molecular formula is C21H20BrN3O3. The van der Waals surface area contributed by atoms with Crippen LogP contribution in [0.2, 0.25) is 0 Å². The van der Waals surface area contributed by atoms with Crippen LogP contribution >= 0.6 is 15.9 Å². The van der Waals surface area contributed by atoms with Crippen LogP contribution in [-0.2, 0) is 6.54 Å². The van der Waals surface area contributed by atoms with Crippen molar-refractivity contribution in [2.45, 2.75) is 26.3 Å². The molecule has 1 aromatic heterocycles. The molecule has 2 aromatic carbocycles. The lowest BCUT2D eigenvalue weighted by Gasteiger charge is -2.14. The first-order valence-electron chi connectivity index (χ1n) is 8.96. The summed E-state index contributed by atoms with van der Waals surface area (Å²) in [5.74, 6) is -1.08. The Morgan fingerprint density at radius 1 is 1.25 bits per heavy atom. The first-order valence-corrected chi connectivity index (χ1v) is 9.75. The van der Waals surface area contributed by atoms with Crippen LogP contribution < -0.4 is 11.0 Å². The first kappa shape index (κ1) is 19.8. The number of aryl methyl sites for hydroxylation is 1. The Morgan fingerprint density at radius 3 is 2.79 bits per heavy atom. The van der Waals surface area contributed by atoms with Gasteiger partial charge < -0.3 is 9.67 Å². The third-order valence-electron chi connectivity index (χ3n) is 4.34. The zero-order valence-corrected chi connectivity index (χ0v) is 16.9. The lowest BCUT2D eigenvalue weighted by Crippen LogP contribution is -2.31. The molecule has 0 radical (unpaired) electrons. The van der Waals surface area contributed by atoms with Gasteiger partial charge in [0, 0.05) is 16.4 Å². The fourth-order valence-electron chi connectivity index (χ4n) is 2.94. The van der Waals surface area contributed by atoms with E-state index in [-0.39, 0.29) is 11.3 Å². The molecule has 0 saturated carbocycles. The van der Waals surface area contributed by atoms with Gasteiger partial charge in [0.1, 0.15) is 11.3 Å². The maximum absolute atomic E-state index is 12.9. The number of benzene rings is 2. The number of nitrogens with one attached hydrogen (secondary N) is 1. The van der Waals surface area contributed by atoms with Crippen molar-refractivity contribution in [3.63, 3.8) is 0 Å². The monoisotopic (exact) mass is 441 g/mol. The van der Waals surface area contributed by atoms with E-state index in [2.05, 4.69) is 26.5 Å². The van der Waals surface area contributed by atoms with Gasteiger partial charge in [-0.2, -0.15) is 5.10 Å². The Balaban J connectivity index is 1.97. The van der Waals surface area contributed by atoms with Crippen LogP contribution in [0.3, 0.4) is 0 Å². The lowest BCUT2D eigenvalue weighted by molar-refractivity contribution is 0.0950. The van der Waals surface area contributed by atoms with E-state index >= 15 is 0 Å². The van der Waals surface area contributed by atoms with Crippen LogP contribution in [0.25, 0.3) is 10.9 Å². The Labute approximate surface area is 170 Å². The summed E-state index contributed by atoms with van der Waals surface area (Å²) in [6.45, 7) is 2.50. The molecule has 2 N–H and O–H groups in total. The SMILES string of the molecule is CCCCn1c(=O)c(C(=O)NN=Cc2cccc(Br)c2)c(O)c2ccccc21. The Morgan fingerprint density at radius 2 is 2.04 bits per heavy atom. The average molecular weight is 442 g/mol. The fourth-order valence-corrected chi connectivity index (χ4v) is 3.36. The topological polar surface area (TPSA) is 83.7 Å². The van der Waals surface area contributed by atoms with Crippen LogP contribution in [0.15, 0.2) is 62.9 Å². The van der Waals surface area contributed by atoms with Crippen molar-refractivity contribution in [2.24, 2.45) is 5.10 Å². The summed E-state index contributed by atoms with van der Waals surface area (Å²) >= 11 is 3.36. The molecule has 0 aliphatic carbocycles. The maximum Gasteiger partial charge on any atom is 0.280 e. The predicted molar refractivity (Wildman–Crippen MR) is 114 cm³/mol. The number of carbonyl (C=O) groups excluding carboxylic acids is 1. The number of halogens is 1. The predicted octanol–water partition coefficient (Wildman–Crippen LogP) is 4.03. The van der Waals surface area contributed by atoms with E-state index in [9.17, 15) is 14.7 Å². The van der Waals surface area contributed by atoms with Gasteiger partial charge in [-0.25, -0.2) is 5.43 Å². The number of hydrogen-bond acceptors (Lipinski definition) is 4. The standard InChI is InChI=1S/C21H20BrN3O3/c1-2-3-11-25-17-10-5-4-9-16(17)19(26)18(21(25)28)20(27)24-23-13-14-7-6-8-15(22)12-14/h4-10,12-13,26H,2-3,11H2,1H3,(H,24,27). The molecule has 144 valence electrons. The van der Waals surface area contributed by atoms with E-state index in [1.54, 1.807) is 24.3 Å². The van der Waals surface area contributed by atoms with Crippen LogP contribution in [0, 0.1) is 0 Å². The molecule has 3 aromatic rings. The molecule has 0 spiro atoms. The quantitative estimate of drug-likeness (QED) is 0.447. The van der Waals surface area contributed by atoms with Gasteiger partial charge in [0.15, 0.2) is 0 Å². The highest BCUT2D eigenvalue weighted by Crippen LogP contribution is 2.26. The number of hydrogen-bond donors (Lipinski definition) is 2. The summed E-state index contributed by atoms with van der Waals surface area (Å²) in [6.07, 6.45) is 3.16. The summed E-state index contributed by atoms with van der Waals surface area (Å²) in [5, 5.41) is 14.9. The summed E-state index contributed by atoms with van der Waals surface area (Å²) in [6, 6.07) is 14.4. The van der Waals surface area contributed by atoms with Gasteiger partial charge in [-0.15, -0.1) is 0 Å². The number of amides is 1. The van der Waals surface area contributed by atoms with E-state index in [4.69, 9.17) is 0 Å². The molecular weight excluding hydrogens is 422 g/mol. The number of aromatic nitrogens is 1. The third kappa shape index (κ3) is 4.14. The van der Waals surface area contributed by atoms with Crippen molar-refractivity contribution in [3.05, 3.63) is 74.5 Å². The largest absolute Gasteiger partial charge is 0.506 e. The Bertz CT molecular complexity index is 1110. The summed E-state index contributed by atoms with van der Waals surface area (Å²) < 4.78 is 2.42. The highest BCUT2D eigenvalue weighted by atomic mass is 79.9. The normalized spacial score (nSPS) is 11.2. The van der Waals surface area contributed by atoms with E-state index in [0.717, 1.165) is 22.9 Å². The van der Waals surface area contributed by atoms with E-state index in [1.165, 1.54) is 10.8 Å². The average Bonchev–Trinajstić information content (AvgIpc) is 2.68. The minimum Gasteiger partial charge on any atom is -0.506 e. The molecule has 0 fully saturated rings. The van der Waals surface area contributed by atoms with Gasteiger partial charge in [0.25, 0.3) is 11.5 Å². The zero-order valence-electron chi connectivity index (χ0n) is 15.4. The van der Waals surface area contributed by atoms with Crippen LogP contribution in [0.4, 0.5) is 0 Å². The van der Waals surface area contributed by atoms with Crippen LogP contribution in [0.5, 0.6) is 5.75 Å². The van der Waals surface area contributed by atoms with E-state index in [0.29, 0.717) is 17.4 Å². The molecule has 0 aliphatic heterocycles. The molecule has 0 bridgehead atoms. The molecule has 28 heavy (non-hydrogen) atoms. The minimum atomic E-state index is -0.746. The summed E-state index contributed by atoms with van der Waals surface area (Å²) in [7, 11) is 0. The van der Waals surface area contributed by atoms with Gasteiger partial charge in [0.2, 0.25) is 0 Å². The van der Waals surface area contributed by atoms with Crippen molar-refractivity contribution in [3.8, 4) is 5.75 Å². The van der Waals surface area contributed by atoms with Gasteiger partial charge >= 0.3 is 0 Å². The van der Waals surface area contributed by atoms with Crippen LogP contribution in [-0.4, -0.2) is 21.8 Å². The van der Waals surface area contributed by atoms with Crippen molar-refractivity contribution >= 4 is 39.0 Å². The molecule has 3 rings (SSSR count). The second kappa shape index (κ2) is 8.84. The van der Waals surface area contributed by atoms with E-state index in [1.807, 2.05) is 31.2 Å². The lowest BCUT2D eigenvalue weighted by atomic mass is 10.1.